The summed E-state index contributed by atoms with van der Waals surface area (Å²) in [7, 11) is 3.49. The largest absolute Gasteiger partial charge is 0.340 e. The zero-order valence-electron chi connectivity index (χ0n) is 23.6. The third-order valence-electron chi connectivity index (χ3n) is 8.65. The number of imidazole rings is 1. The van der Waals surface area contributed by atoms with Crippen LogP contribution in [0, 0.1) is 17.7 Å². The molecule has 0 radical (unpaired) electrons. The van der Waals surface area contributed by atoms with Crippen LogP contribution in [0.2, 0.25) is 0 Å². The van der Waals surface area contributed by atoms with Crippen molar-refractivity contribution in [3.05, 3.63) is 65.8 Å². The summed E-state index contributed by atoms with van der Waals surface area (Å²) in [6.07, 6.45) is 8.13. The predicted molar refractivity (Wildman–Crippen MR) is 149 cm³/mol. The van der Waals surface area contributed by atoms with Crippen LogP contribution in [0.1, 0.15) is 65.3 Å². The smallest absolute Gasteiger partial charge is 0.282 e. The van der Waals surface area contributed by atoms with Crippen LogP contribution in [-0.2, 0) is 14.1 Å². The number of alkyl halides is 2. The molecule has 4 aromatic rings. The summed E-state index contributed by atoms with van der Waals surface area (Å²) in [4.78, 5) is 36.2. The number of aryl methyl sites for hydroxylation is 2. The van der Waals surface area contributed by atoms with Crippen molar-refractivity contribution in [1.29, 1.82) is 0 Å². The Kier molecular flexibility index (Phi) is 7.02. The molecule has 6 rings (SSSR count). The van der Waals surface area contributed by atoms with Crippen LogP contribution >= 0.6 is 0 Å². The van der Waals surface area contributed by atoms with Gasteiger partial charge in [-0.05, 0) is 48.9 Å². The molecule has 2 fully saturated rings. The fourth-order valence-corrected chi connectivity index (χ4v) is 6.18. The predicted octanol–water partition coefficient (Wildman–Crippen LogP) is 4.90. The molecular weight excluding hydrogens is 547 g/mol. The number of hydrogen-bond donors (Lipinski definition) is 1. The highest BCUT2D eigenvalue weighted by atomic mass is 19.3. The molecule has 1 N–H and O–H groups in total. The standard InChI is InChI=1S/C30H32F3N7O2/c1-17-4-6-18(7-5-17)25(37-28(41)23-11-13-35-39(23)3)27-36-26-22(38(27)2)9-8-19(24(26)31)21-14-34-12-10-20(21)29(42)40-15-30(32,33)16-40/h8-14,17-18,25H,4-7,15-16H2,1-3H3,(H,37,41)/t17?,18?,25-/m0/s1. The van der Waals surface area contributed by atoms with E-state index in [4.69, 9.17) is 4.98 Å². The van der Waals surface area contributed by atoms with Gasteiger partial charge < -0.3 is 14.8 Å². The van der Waals surface area contributed by atoms with Gasteiger partial charge in [-0.25, -0.2) is 18.2 Å². The van der Waals surface area contributed by atoms with Gasteiger partial charge in [0.05, 0.1) is 30.2 Å². The average molecular weight is 580 g/mol. The molecule has 4 heterocycles. The van der Waals surface area contributed by atoms with E-state index in [1.807, 2.05) is 0 Å². The Balaban J connectivity index is 1.39. The van der Waals surface area contributed by atoms with Crippen LogP contribution in [0.3, 0.4) is 0 Å². The molecule has 1 atom stereocenters. The lowest BCUT2D eigenvalue weighted by molar-refractivity contribution is -0.113. The number of pyridine rings is 1. The van der Waals surface area contributed by atoms with Gasteiger partial charge in [0.15, 0.2) is 5.82 Å². The third kappa shape index (κ3) is 4.92. The Morgan fingerprint density at radius 1 is 1.02 bits per heavy atom. The Hall–Kier alpha value is -4.22. The van der Waals surface area contributed by atoms with Gasteiger partial charge >= 0.3 is 0 Å². The molecule has 42 heavy (non-hydrogen) atoms. The quantitative estimate of drug-likeness (QED) is 0.351. The maximum atomic E-state index is 16.3. The van der Waals surface area contributed by atoms with Gasteiger partial charge in [0.1, 0.15) is 17.0 Å². The van der Waals surface area contributed by atoms with Crippen LogP contribution in [0.5, 0.6) is 0 Å². The van der Waals surface area contributed by atoms with Gasteiger partial charge in [-0.3, -0.25) is 19.3 Å². The van der Waals surface area contributed by atoms with E-state index in [-0.39, 0.29) is 34.0 Å². The number of fused-ring (bicyclic) bond motifs is 1. The average Bonchev–Trinajstić information content (AvgIpc) is 3.54. The fraction of sp³-hybridized carbons (Fsp3) is 0.433. The van der Waals surface area contributed by atoms with E-state index in [0.717, 1.165) is 30.6 Å². The molecule has 1 aliphatic carbocycles. The number of benzene rings is 1. The number of carbonyl (C=O) groups is 2. The first-order valence-electron chi connectivity index (χ1n) is 14.1. The lowest BCUT2D eigenvalue weighted by Gasteiger charge is -2.38. The molecule has 0 bridgehead atoms. The Morgan fingerprint density at radius 2 is 1.76 bits per heavy atom. The number of hydrogen-bond acceptors (Lipinski definition) is 5. The van der Waals surface area contributed by atoms with Crippen molar-refractivity contribution in [3.8, 4) is 11.1 Å². The summed E-state index contributed by atoms with van der Waals surface area (Å²) in [6, 6.07) is 5.85. The summed E-state index contributed by atoms with van der Waals surface area (Å²) in [6.45, 7) is 0.867. The van der Waals surface area contributed by atoms with E-state index in [2.05, 4.69) is 22.3 Å². The van der Waals surface area contributed by atoms with Crippen molar-refractivity contribution in [2.75, 3.05) is 13.1 Å². The molecule has 1 aromatic carbocycles. The molecule has 1 aliphatic heterocycles. The van der Waals surface area contributed by atoms with E-state index in [0.29, 0.717) is 23.0 Å². The fourth-order valence-electron chi connectivity index (χ4n) is 6.18. The van der Waals surface area contributed by atoms with Crippen molar-refractivity contribution in [3.63, 3.8) is 0 Å². The lowest BCUT2D eigenvalue weighted by Crippen LogP contribution is -2.58. The van der Waals surface area contributed by atoms with Crippen LogP contribution in [-0.4, -0.2) is 60.0 Å². The minimum absolute atomic E-state index is 0.0895. The SMILES string of the molecule is CC1CCC([C@H](NC(=O)c2ccnn2C)c2nc3c(F)c(-c4cnccc4C(=O)N4CC(F)(F)C4)ccc3n2C)CC1. The van der Waals surface area contributed by atoms with Crippen molar-refractivity contribution in [2.45, 2.75) is 44.6 Å². The second-order valence-corrected chi connectivity index (χ2v) is 11.6. The second kappa shape index (κ2) is 10.6. The zero-order chi connectivity index (χ0) is 29.8. The molecule has 0 unspecified atom stereocenters. The first kappa shape index (κ1) is 27.9. The number of nitrogens with zero attached hydrogens (tertiary/aromatic N) is 6. The molecule has 9 nitrogen and oxygen atoms in total. The van der Waals surface area contributed by atoms with E-state index in [1.54, 1.807) is 43.1 Å². The molecule has 2 aliphatic rings. The molecule has 220 valence electrons. The van der Waals surface area contributed by atoms with Crippen molar-refractivity contribution in [1.82, 2.24) is 34.5 Å². The van der Waals surface area contributed by atoms with Gasteiger partial charge in [0.25, 0.3) is 17.7 Å². The van der Waals surface area contributed by atoms with Crippen LogP contribution < -0.4 is 5.32 Å². The van der Waals surface area contributed by atoms with E-state index in [1.165, 1.54) is 23.1 Å². The third-order valence-corrected chi connectivity index (χ3v) is 8.65. The zero-order valence-corrected chi connectivity index (χ0v) is 23.6. The molecular formula is C30H32F3N7O2. The highest BCUT2D eigenvalue weighted by Gasteiger charge is 2.46. The van der Waals surface area contributed by atoms with Crippen LogP contribution in [0.15, 0.2) is 42.9 Å². The summed E-state index contributed by atoms with van der Waals surface area (Å²) in [5.74, 6) is -3.24. The van der Waals surface area contributed by atoms with Gasteiger partial charge in [0.2, 0.25) is 0 Å². The summed E-state index contributed by atoms with van der Waals surface area (Å²) in [5, 5.41) is 7.26. The number of likely N-dealkylation sites (tertiary alicyclic amines) is 1. The molecule has 0 spiro atoms. The van der Waals surface area contributed by atoms with Gasteiger partial charge in [-0.2, -0.15) is 5.10 Å². The molecule has 3 aromatic heterocycles. The van der Waals surface area contributed by atoms with E-state index < -0.39 is 36.8 Å². The number of carbonyl (C=O) groups excluding carboxylic acids is 2. The summed E-state index contributed by atoms with van der Waals surface area (Å²) in [5.41, 5.74) is 1.41. The van der Waals surface area contributed by atoms with Crippen molar-refractivity contribution in [2.24, 2.45) is 25.9 Å². The number of amides is 2. The molecule has 1 saturated carbocycles. The number of rotatable bonds is 6. The highest BCUT2D eigenvalue weighted by molar-refractivity contribution is 6.02. The second-order valence-electron chi connectivity index (χ2n) is 11.6. The number of aromatic nitrogens is 5. The van der Waals surface area contributed by atoms with E-state index >= 15 is 4.39 Å². The first-order chi connectivity index (χ1) is 20.0. The summed E-state index contributed by atoms with van der Waals surface area (Å²) < 4.78 is 46.5. The monoisotopic (exact) mass is 579 g/mol. The minimum atomic E-state index is -2.92. The van der Waals surface area contributed by atoms with Gasteiger partial charge in [0, 0.05) is 43.8 Å². The molecule has 12 heteroatoms. The normalized spacial score (nSPS) is 20.8. The maximum absolute atomic E-state index is 16.3. The number of halogens is 3. The first-order valence-corrected chi connectivity index (χ1v) is 14.1. The Labute approximate surface area is 240 Å². The topological polar surface area (TPSA) is 97.9 Å². The van der Waals surface area contributed by atoms with Gasteiger partial charge in [-0.1, -0.05) is 19.8 Å². The number of nitrogens with one attached hydrogen (secondary N) is 1. The van der Waals surface area contributed by atoms with Crippen molar-refractivity contribution < 1.29 is 22.8 Å². The van der Waals surface area contributed by atoms with Crippen LogP contribution in [0.25, 0.3) is 22.2 Å². The molecule has 1 saturated heterocycles. The van der Waals surface area contributed by atoms with E-state index in [9.17, 15) is 18.4 Å². The molecule has 2 amide bonds. The maximum Gasteiger partial charge on any atom is 0.282 e. The summed E-state index contributed by atoms with van der Waals surface area (Å²) >= 11 is 0. The lowest BCUT2D eigenvalue weighted by atomic mass is 9.79. The highest BCUT2D eigenvalue weighted by Crippen LogP contribution is 2.39. The van der Waals surface area contributed by atoms with Crippen molar-refractivity contribution >= 4 is 22.8 Å². The minimum Gasteiger partial charge on any atom is -0.340 e. The van der Waals surface area contributed by atoms with Crippen LogP contribution in [0.4, 0.5) is 13.2 Å². The Bertz CT molecular complexity index is 1660. The Morgan fingerprint density at radius 3 is 2.43 bits per heavy atom. The van der Waals surface area contributed by atoms with Gasteiger partial charge in [-0.15, -0.1) is 0 Å².